The number of hydrogen-bond donors (Lipinski definition) is 0. The summed E-state index contributed by atoms with van der Waals surface area (Å²) in [7, 11) is 0. The van der Waals surface area contributed by atoms with E-state index in [1.54, 1.807) is 0 Å². The van der Waals surface area contributed by atoms with E-state index in [-0.39, 0.29) is 5.38 Å². The van der Waals surface area contributed by atoms with E-state index in [4.69, 9.17) is 11.6 Å². The maximum Gasteiger partial charge on any atom is 0.160 e. The Morgan fingerprint density at radius 3 is 2.80 bits per heavy atom. The molecule has 0 bridgehead atoms. The molecule has 0 aromatic carbocycles. The third-order valence-corrected chi connectivity index (χ3v) is 4.66. The van der Waals surface area contributed by atoms with E-state index in [2.05, 4.69) is 21.5 Å². The minimum atomic E-state index is -0.0771. The zero-order valence-corrected chi connectivity index (χ0v) is 13.0. The molecule has 0 saturated heterocycles. The molecule has 0 aliphatic heterocycles. The zero-order chi connectivity index (χ0) is 14.1. The number of alkyl halides is 1. The summed E-state index contributed by atoms with van der Waals surface area (Å²) in [5.74, 6) is 2.58. The molecule has 0 amide bonds. The number of halogens is 1. The maximum absolute atomic E-state index is 6.31. The first-order valence-electron chi connectivity index (χ1n) is 7.60. The van der Waals surface area contributed by atoms with Crippen molar-refractivity contribution in [2.75, 3.05) is 0 Å². The Balaban J connectivity index is 1.91. The molecule has 1 aliphatic carbocycles. The second kappa shape index (κ2) is 5.72. The van der Waals surface area contributed by atoms with Gasteiger partial charge in [-0.15, -0.1) is 11.6 Å². The van der Waals surface area contributed by atoms with Crippen molar-refractivity contribution in [2.45, 2.75) is 51.5 Å². The lowest BCUT2D eigenvalue weighted by atomic mass is 9.83. The molecule has 3 nitrogen and oxygen atoms in total. The van der Waals surface area contributed by atoms with Crippen molar-refractivity contribution in [1.29, 1.82) is 0 Å². The number of nitrogens with zero attached hydrogens (tertiary/aromatic N) is 3. The lowest BCUT2D eigenvalue weighted by Gasteiger charge is -2.27. The SMILES string of the molecule is CC1CCC(Cn2c(C(C)Cl)nc3cccnc32)CC1. The van der Waals surface area contributed by atoms with Crippen LogP contribution in [0.5, 0.6) is 0 Å². The van der Waals surface area contributed by atoms with Gasteiger partial charge in [-0.2, -0.15) is 0 Å². The Labute approximate surface area is 125 Å². The number of aromatic nitrogens is 3. The summed E-state index contributed by atoms with van der Waals surface area (Å²) in [6.45, 7) is 5.35. The predicted molar refractivity (Wildman–Crippen MR) is 82.9 cm³/mol. The van der Waals surface area contributed by atoms with Gasteiger partial charge in [0.25, 0.3) is 0 Å². The Bertz CT molecular complexity index is 582. The van der Waals surface area contributed by atoms with Gasteiger partial charge >= 0.3 is 0 Å². The van der Waals surface area contributed by atoms with Crippen LogP contribution in [0.25, 0.3) is 11.2 Å². The van der Waals surface area contributed by atoms with Crippen LogP contribution in [0, 0.1) is 11.8 Å². The van der Waals surface area contributed by atoms with E-state index in [1.807, 2.05) is 25.3 Å². The number of hydrogen-bond acceptors (Lipinski definition) is 2. The van der Waals surface area contributed by atoms with E-state index in [0.29, 0.717) is 0 Å². The van der Waals surface area contributed by atoms with Crippen LogP contribution in [0.3, 0.4) is 0 Å². The summed E-state index contributed by atoms with van der Waals surface area (Å²) < 4.78 is 2.24. The molecule has 20 heavy (non-hydrogen) atoms. The molecule has 4 heteroatoms. The van der Waals surface area contributed by atoms with E-state index in [1.165, 1.54) is 25.7 Å². The topological polar surface area (TPSA) is 30.7 Å². The molecule has 1 saturated carbocycles. The Morgan fingerprint density at radius 2 is 2.10 bits per heavy atom. The lowest BCUT2D eigenvalue weighted by molar-refractivity contribution is 0.264. The highest BCUT2D eigenvalue weighted by atomic mass is 35.5. The van der Waals surface area contributed by atoms with Crippen LogP contribution in [0.1, 0.15) is 50.7 Å². The molecule has 0 radical (unpaired) electrons. The van der Waals surface area contributed by atoms with Crippen molar-refractivity contribution in [3.63, 3.8) is 0 Å². The summed E-state index contributed by atoms with van der Waals surface area (Å²) in [6, 6.07) is 3.95. The van der Waals surface area contributed by atoms with Gasteiger partial charge in [-0.05, 0) is 43.7 Å². The average Bonchev–Trinajstić information content (AvgIpc) is 2.81. The average molecular weight is 292 g/mol. The van der Waals surface area contributed by atoms with Crippen molar-refractivity contribution in [3.8, 4) is 0 Å². The van der Waals surface area contributed by atoms with E-state index < -0.39 is 0 Å². The number of imidazole rings is 1. The first-order chi connectivity index (χ1) is 9.65. The molecule has 1 fully saturated rings. The highest BCUT2D eigenvalue weighted by Gasteiger charge is 2.22. The van der Waals surface area contributed by atoms with E-state index in [0.717, 1.165) is 35.4 Å². The van der Waals surface area contributed by atoms with Crippen LogP contribution in [0.4, 0.5) is 0 Å². The molecule has 3 rings (SSSR count). The standard InChI is InChI=1S/C16H22ClN3/c1-11-5-7-13(8-6-11)10-20-15(12(2)17)19-14-4-3-9-18-16(14)20/h3-4,9,11-13H,5-8,10H2,1-2H3. The fourth-order valence-corrected chi connectivity index (χ4v) is 3.40. The molecule has 0 N–H and O–H groups in total. The summed E-state index contributed by atoms with van der Waals surface area (Å²) >= 11 is 6.31. The summed E-state index contributed by atoms with van der Waals surface area (Å²) in [5, 5.41) is -0.0771. The van der Waals surface area contributed by atoms with Crippen LogP contribution in [-0.4, -0.2) is 14.5 Å². The van der Waals surface area contributed by atoms with Gasteiger partial charge in [0.2, 0.25) is 0 Å². The van der Waals surface area contributed by atoms with Crippen molar-refractivity contribution >= 4 is 22.8 Å². The van der Waals surface area contributed by atoms with Crippen LogP contribution < -0.4 is 0 Å². The minimum absolute atomic E-state index is 0.0771. The van der Waals surface area contributed by atoms with Gasteiger partial charge in [-0.3, -0.25) is 0 Å². The zero-order valence-electron chi connectivity index (χ0n) is 12.2. The minimum Gasteiger partial charge on any atom is -0.311 e. The number of pyridine rings is 1. The lowest BCUT2D eigenvalue weighted by Crippen LogP contribution is -2.19. The van der Waals surface area contributed by atoms with Crippen LogP contribution in [0.15, 0.2) is 18.3 Å². The van der Waals surface area contributed by atoms with Gasteiger partial charge in [0.05, 0.1) is 5.38 Å². The summed E-state index contributed by atoms with van der Waals surface area (Å²) in [6.07, 6.45) is 7.15. The molecule has 2 aromatic heterocycles. The molecular weight excluding hydrogens is 270 g/mol. The van der Waals surface area contributed by atoms with Gasteiger partial charge in [-0.1, -0.05) is 19.8 Å². The van der Waals surface area contributed by atoms with Crippen LogP contribution in [0.2, 0.25) is 0 Å². The maximum atomic E-state index is 6.31. The molecule has 1 aliphatic rings. The van der Waals surface area contributed by atoms with Crippen molar-refractivity contribution < 1.29 is 0 Å². The highest BCUT2D eigenvalue weighted by molar-refractivity contribution is 6.20. The fraction of sp³-hybridized carbons (Fsp3) is 0.625. The second-order valence-electron chi connectivity index (χ2n) is 6.17. The molecule has 0 spiro atoms. The van der Waals surface area contributed by atoms with Gasteiger partial charge in [0, 0.05) is 12.7 Å². The summed E-state index contributed by atoms with van der Waals surface area (Å²) in [5.41, 5.74) is 1.94. The van der Waals surface area contributed by atoms with Crippen molar-refractivity contribution in [3.05, 3.63) is 24.2 Å². The molecule has 2 aromatic rings. The van der Waals surface area contributed by atoms with E-state index in [9.17, 15) is 0 Å². The van der Waals surface area contributed by atoms with Crippen molar-refractivity contribution in [2.24, 2.45) is 11.8 Å². The van der Waals surface area contributed by atoms with Gasteiger partial charge in [0.1, 0.15) is 11.3 Å². The van der Waals surface area contributed by atoms with E-state index >= 15 is 0 Å². The number of rotatable bonds is 3. The molecule has 1 atom stereocenters. The monoisotopic (exact) mass is 291 g/mol. The second-order valence-corrected chi connectivity index (χ2v) is 6.82. The van der Waals surface area contributed by atoms with Crippen LogP contribution >= 0.6 is 11.6 Å². The first kappa shape index (κ1) is 13.9. The highest BCUT2D eigenvalue weighted by Crippen LogP contribution is 2.32. The molecule has 1 unspecified atom stereocenters. The van der Waals surface area contributed by atoms with Gasteiger partial charge in [-0.25, -0.2) is 9.97 Å². The quantitative estimate of drug-likeness (QED) is 0.776. The largest absolute Gasteiger partial charge is 0.311 e. The fourth-order valence-electron chi connectivity index (χ4n) is 3.23. The molecule has 2 heterocycles. The Hall–Kier alpha value is -1.09. The Morgan fingerprint density at radius 1 is 1.35 bits per heavy atom. The summed E-state index contributed by atoms with van der Waals surface area (Å²) in [4.78, 5) is 9.17. The number of fused-ring (bicyclic) bond motifs is 1. The van der Waals surface area contributed by atoms with Gasteiger partial charge in [0.15, 0.2) is 5.65 Å². The molecule has 108 valence electrons. The van der Waals surface area contributed by atoms with Crippen molar-refractivity contribution in [1.82, 2.24) is 14.5 Å². The smallest absolute Gasteiger partial charge is 0.160 e. The van der Waals surface area contributed by atoms with Gasteiger partial charge < -0.3 is 4.57 Å². The third-order valence-electron chi connectivity index (χ3n) is 4.47. The molecular formula is C16H22ClN3. The normalized spacial score (nSPS) is 24.9. The van der Waals surface area contributed by atoms with Crippen LogP contribution in [-0.2, 0) is 6.54 Å². The Kier molecular flexibility index (Phi) is 3.97. The predicted octanol–water partition coefficient (Wildman–Crippen LogP) is 4.56. The first-order valence-corrected chi connectivity index (χ1v) is 8.04. The third kappa shape index (κ3) is 2.69.